The highest BCUT2D eigenvalue weighted by Crippen LogP contribution is 2.17. The Morgan fingerprint density at radius 2 is 2.38 bits per heavy atom. The molecule has 0 aliphatic heterocycles. The maximum absolute atomic E-state index is 9.45. The Morgan fingerprint density at radius 1 is 1.56 bits per heavy atom. The summed E-state index contributed by atoms with van der Waals surface area (Å²) in [5.74, 6) is 0.723. The van der Waals surface area contributed by atoms with E-state index in [-0.39, 0.29) is 5.95 Å². The van der Waals surface area contributed by atoms with Gasteiger partial charge in [-0.2, -0.15) is 9.97 Å². The Morgan fingerprint density at radius 3 is 3.12 bits per heavy atom. The third-order valence-corrected chi connectivity index (χ3v) is 2.28. The molecule has 0 spiro atoms. The molecule has 2 aromatic rings. The van der Waals surface area contributed by atoms with Gasteiger partial charge in [0.25, 0.3) is 0 Å². The van der Waals surface area contributed by atoms with Crippen LogP contribution in [0, 0.1) is 0 Å². The van der Waals surface area contributed by atoms with Gasteiger partial charge in [-0.05, 0) is 6.42 Å². The van der Waals surface area contributed by atoms with Crippen molar-refractivity contribution in [3.05, 3.63) is 6.33 Å². The van der Waals surface area contributed by atoms with Crippen LogP contribution in [0.1, 0.15) is 13.3 Å². The standard InChI is InChI=1S/C9H14N6O/c1-2-5(16)3-11-7-6-8(13-4-12-6)15-9(10)14-7/h4-5,16H,2-3H2,1H3,(H4,10,11,12,13,14,15). The number of rotatable bonds is 4. The van der Waals surface area contributed by atoms with Gasteiger partial charge in [-0.1, -0.05) is 6.92 Å². The van der Waals surface area contributed by atoms with E-state index in [0.717, 1.165) is 0 Å². The number of aliphatic hydroxyl groups excluding tert-OH is 1. The van der Waals surface area contributed by atoms with Gasteiger partial charge in [-0.25, -0.2) is 4.98 Å². The molecule has 5 N–H and O–H groups in total. The van der Waals surface area contributed by atoms with E-state index in [2.05, 4.69) is 25.3 Å². The van der Waals surface area contributed by atoms with Gasteiger partial charge < -0.3 is 21.1 Å². The molecular weight excluding hydrogens is 208 g/mol. The maximum Gasteiger partial charge on any atom is 0.224 e. The van der Waals surface area contributed by atoms with Crippen LogP contribution >= 0.6 is 0 Å². The van der Waals surface area contributed by atoms with Crippen LogP contribution in [0.25, 0.3) is 11.2 Å². The minimum Gasteiger partial charge on any atom is -0.391 e. The summed E-state index contributed by atoms with van der Waals surface area (Å²) in [7, 11) is 0. The zero-order chi connectivity index (χ0) is 11.5. The molecule has 7 heteroatoms. The van der Waals surface area contributed by atoms with Crippen molar-refractivity contribution in [3.8, 4) is 0 Å². The fourth-order valence-corrected chi connectivity index (χ4v) is 1.34. The average molecular weight is 222 g/mol. The molecule has 2 rings (SSSR count). The fourth-order valence-electron chi connectivity index (χ4n) is 1.34. The lowest BCUT2D eigenvalue weighted by molar-refractivity contribution is 0.183. The molecule has 2 heterocycles. The Bertz CT molecular complexity index is 482. The van der Waals surface area contributed by atoms with Crippen molar-refractivity contribution in [3.63, 3.8) is 0 Å². The molecule has 0 amide bonds. The van der Waals surface area contributed by atoms with Crippen molar-refractivity contribution in [2.24, 2.45) is 0 Å². The first-order valence-corrected chi connectivity index (χ1v) is 5.09. The molecule has 0 saturated heterocycles. The Labute approximate surface area is 92.1 Å². The molecule has 0 aliphatic carbocycles. The Hall–Kier alpha value is -1.89. The second-order valence-corrected chi connectivity index (χ2v) is 3.47. The largest absolute Gasteiger partial charge is 0.391 e. The van der Waals surface area contributed by atoms with Gasteiger partial charge >= 0.3 is 0 Å². The number of aromatic amines is 1. The summed E-state index contributed by atoms with van der Waals surface area (Å²) in [6.07, 6.45) is 1.80. The average Bonchev–Trinajstić information content (AvgIpc) is 2.73. The summed E-state index contributed by atoms with van der Waals surface area (Å²) in [6.45, 7) is 2.33. The highest BCUT2D eigenvalue weighted by Gasteiger charge is 2.09. The van der Waals surface area contributed by atoms with Gasteiger partial charge in [0.15, 0.2) is 11.5 Å². The normalized spacial score (nSPS) is 12.9. The first-order chi connectivity index (χ1) is 7.70. The highest BCUT2D eigenvalue weighted by atomic mass is 16.3. The van der Waals surface area contributed by atoms with E-state index in [1.807, 2.05) is 6.92 Å². The van der Waals surface area contributed by atoms with E-state index in [4.69, 9.17) is 5.73 Å². The van der Waals surface area contributed by atoms with Gasteiger partial charge in [-0.15, -0.1) is 0 Å². The van der Waals surface area contributed by atoms with Crippen LogP contribution in [0.15, 0.2) is 6.33 Å². The molecule has 0 bridgehead atoms. The summed E-state index contributed by atoms with van der Waals surface area (Å²) < 4.78 is 0. The van der Waals surface area contributed by atoms with Crippen molar-refractivity contribution >= 4 is 22.9 Å². The van der Waals surface area contributed by atoms with Crippen molar-refractivity contribution in [2.45, 2.75) is 19.4 Å². The number of nitrogens with zero attached hydrogens (tertiary/aromatic N) is 3. The summed E-state index contributed by atoms with van der Waals surface area (Å²) in [5, 5.41) is 12.5. The molecule has 2 aromatic heterocycles. The smallest absolute Gasteiger partial charge is 0.224 e. The number of hydrogen-bond donors (Lipinski definition) is 4. The number of H-pyrrole nitrogens is 1. The van der Waals surface area contributed by atoms with E-state index in [1.54, 1.807) is 0 Å². The number of aliphatic hydroxyl groups is 1. The number of imidazole rings is 1. The van der Waals surface area contributed by atoms with Crippen LogP contribution in [0.4, 0.5) is 11.8 Å². The molecule has 0 aromatic carbocycles. The molecule has 7 nitrogen and oxygen atoms in total. The van der Waals surface area contributed by atoms with E-state index >= 15 is 0 Å². The molecule has 1 atom stereocenters. The highest BCUT2D eigenvalue weighted by molar-refractivity contribution is 5.83. The number of anilines is 2. The fraction of sp³-hybridized carbons (Fsp3) is 0.444. The second-order valence-electron chi connectivity index (χ2n) is 3.47. The molecule has 1 unspecified atom stereocenters. The monoisotopic (exact) mass is 222 g/mol. The number of nitrogen functional groups attached to an aromatic ring is 1. The van der Waals surface area contributed by atoms with E-state index in [9.17, 15) is 5.11 Å². The molecule has 0 saturated carbocycles. The maximum atomic E-state index is 9.45. The minimum absolute atomic E-state index is 0.160. The quantitative estimate of drug-likeness (QED) is 0.584. The Balaban J connectivity index is 2.25. The Kier molecular flexibility index (Phi) is 2.86. The van der Waals surface area contributed by atoms with Crippen molar-refractivity contribution in [2.75, 3.05) is 17.6 Å². The van der Waals surface area contributed by atoms with E-state index in [1.165, 1.54) is 6.33 Å². The van der Waals surface area contributed by atoms with Gasteiger partial charge in [-0.3, -0.25) is 0 Å². The summed E-state index contributed by atoms with van der Waals surface area (Å²) in [4.78, 5) is 14.9. The van der Waals surface area contributed by atoms with Crippen molar-refractivity contribution < 1.29 is 5.11 Å². The summed E-state index contributed by atoms with van der Waals surface area (Å²) >= 11 is 0. The minimum atomic E-state index is -0.408. The SMILES string of the molecule is CCC(O)CNc1nc(N)nc2nc[nH]c12. The molecule has 0 fully saturated rings. The van der Waals surface area contributed by atoms with Gasteiger partial charge in [0.05, 0.1) is 12.4 Å². The number of fused-ring (bicyclic) bond motifs is 1. The van der Waals surface area contributed by atoms with Crippen LogP contribution in [0.5, 0.6) is 0 Å². The van der Waals surface area contributed by atoms with Gasteiger partial charge in [0.1, 0.15) is 5.52 Å². The van der Waals surface area contributed by atoms with Gasteiger partial charge in [0, 0.05) is 6.54 Å². The number of aromatic nitrogens is 4. The van der Waals surface area contributed by atoms with Crippen molar-refractivity contribution in [1.82, 2.24) is 19.9 Å². The van der Waals surface area contributed by atoms with E-state index in [0.29, 0.717) is 29.9 Å². The van der Waals surface area contributed by atoms with Crippen LogP contribution in [0.3, 0.4) is 0 Å². The van der Waals surface area contributed by atoms with E-state index < -0.39 is 6.10 Å². The first kappa shape index (κ1) is 10.6. The zero-order valence-corrected chi connectivity index (χ0v) is 8.94. The number of nitrogens with two attached hydrogens (primary N) is 1. The lowest BCUT2D eigenvalue weighted by atomic mass is 10.3. The molecule has 0 aliphatic rings. The molecule has 0 radical (unpaired) electrons. The lowest BCUT2D eigenvalue weighted by Gasteiger charge is -2.10. The zero-order valence-electron chi connectivity index (χ0n) is 8.94. The number of nitrogens with one attached hydrogen (secondary N) is 2. The predicted octanol–water partition coefficient (Wildman–Crippen LogP) is 0.118. The topological polar surface area (TPSA) is 113 Å². The summed E-state index contributed by atoms with van der Waals surface area (Å²) in [6, 6.07) is 0. The predicted molar refractivity (Wildman–Crippen MR) is 60.9 cm³/mol. The molecular formula is C9H14N6O. The third-order valence-electron chi connectivity index (χ3n) is 2.28. The van der Waals surface area contributed by atoms with Crippen LogP contribution in [-0.4, -0.2) is 37.7 Å². The van der Waals surface area contributed by atoms with Gasteiger partial charge in [0.2, 0.25) is 5.95 Å². The third kappa shape index (κ3) is 2.03. The first-order valence-electron chi connectivity index (χ1n) is 5.09. The summed E-state index contributed by atoms with van der Waals surface area (Å²) in [5.41, 5.74) is 6.75. The van der Waals surface area contributed by atoms with Crippen LogP contribution in [0.2, 0.25) is 0 Å². The number of hydrogen-bond acceptors (Lipinski definition) is 6. The molecule has 16 heavy (non-hydrogen) atoms. The van der Waals surface area contributed by atoms with Crippen LogP contribution in [-0.2, 0) is 0 Å². The van der Waals surface area contributed by atoms with Crippen LogP contribution < -0.4 is 11.1 Å². The second kappa shape index (κ2) is 4.31. The van der Waals surface area contributed by atoms with Crippen molar-refractivity contribution in [1.29, 1.82) is 0 Å². The lowest BCUT2D eigenvalue weighted by Crippen LogP contribution is -2.19. The molecule has 86 valence electrons.